The first-order valence-corrected chi connectivity index (χ1v) is 5.63. The molecule has 0 atom stereocenters. The number of benzene rings is 2. The largest absolute Gasteiger partial charge is 0.299 e. The Morgan fingerprint density at radius 3 is 2.33 bits per heavy atom. The van der Waals surface area contributed by atoms with Crippen molar-refractivity contribution < 1.29 is 9.59 Å². The number of ketones is 1. The molecule has 2 nitrogen and oxygen atoms in total. The van der Waals surface area contributed by atoms with Crippen molar-refractivity contribution in [2.75, 3.05) is 0 Å². The van der Waals surface area contributed by atoms with Crippen molar-refractivity contribution >= 4 is 18.1 Å². The second kappa shape index (κ2) is 5.73. The molecule has 2 aromatic carbocycles. The summed E-state index contributed by atoms with van der Waals surface area (Å²) in [5.74, 6) is -0.0167. The molecule has 0 aromatic heterocycles. The van der Waals surface area contributed by atoms with Crippen LogP contribution in [0.3, 0.4) is 0 Å². The molecule has 0 aliphatic heterocycles. The van der Waals surface area contributed by atoms with Crippen molar-refractivity contribution in [3.05, 3.63) is 77.4 Å². The van der Waals surface area contributed by atoms with E-state index in [2.05, 4.69) is 0 Å². The van der Waals surface area contributed by atoms with Gasteiger partial charge in [-0.25, -0.2) is 0 Å². The summed E-state index contributed by atoms with van der Waals surface area (Å²) in [5, 5.41) is 0. The molecule has 0 amide bonds. The summed E-state index contributed by atoms with van der Waals surface area (Å²) in [4.78, 5) is 22.4. The molecule has 0 heterocycles. The molecule has 88 valence electrons. The molecule has 2 heteroatoms. The van der Waals surface area contributed by atoms with E-state index in [0.29, 0.717) is 17.4 Å². The van der Waals surface area contributed by atoms with Gasteiger partial charge in [0, 0.05) is 11.1 Å². The van der Waals surface area contributed by atoms with Crippen LogP contribution in [0.1, 0.15) is 21.5 Å². The second-order valence-electron chi connectivity index (χ2n) is 3.82. The maximum absolute atomic E-state index is 12.2. The fourth-order valence-electron chi connectivity index (χ4n) is 1.69. The zero-order valence-electron chi connectivity index (χ0n) is 9.74. The normalized spacial score (nSPS) is 10.4. The Balaban J connectivity index is 2.31. The SMILES string of the molecule is O=C/C=C/c1cccc(C(=O)c2ccccc2)c1. The number of carbonyl (C=O) groups is 2. The van der Waals surface area contributed by atoms with E-state index in [1.165, 1.54) is 6.08 Å². The predicted octanol–water partition coefficient (Wildman–Crippen LogP) is 3.13. The van der Waals surface area contributed by atoms with Crippen molar-refractivity contribution in [2.45, 2.75) is 0 Å². The van der Waals surface area contributed by atoms with Gasteiger partial charge in [-0.15, -0.1) is 0 Å². The van der Waals surface area contributed by atoms with Crippen LogP contribution in [0.2, 0.25) is 0 Å². The first-order chi connectivity index (χ1) is 8.81. The summed E-state index contributed by atoms with van der Waals surface area (Å²) >= 11 is 0. The Labute approximate surface area is 106 Å². The summed E-state index contributed by atoms with van der Waals surface area (Å²) in [6.07, 6.45) is 3.80. The first-order valence-electron chi connectivity index (χ1n) is 5.63. The molecule has 0 bridgehead atoms. The number of hydrogen-bond donors (Lipinski definition) is 0. The lowest BCUT2D eigenvalue weighted by Gasteiger charge is -2.02. The average molecular weight is 236 g/mol. The topological polar surface area (TPSA) is 34.1 Å². The van der Waals surface area contributed by atoms with Crippen LogP contribution in [0, 0.1) is 0 Å². The van der Waals surface area contributed by atoms with E-state index in [1.54, 1.807) is 36.4 Å². The Morgan fingerprint density at radius 2 is 1.61 bits per heavy atom. The summed E-state index contributed by atoms with van der Waals surface area (Å²) in [6.45, 7) is 0. The van der Waals surface area contributed by atoms with Gasteiger partial charge in [-0.3, -0.25) is 9.59 Å². The lowest BCUT2D eigenvalue weighted by atomic mass is 10.0. The van der Waals surface area contributed by atoms with Gasteiger partial charge < -0.3 is 0 Å². The third-order valence-corrected chi connectivity index (χ3v) is 2.55. The quantitative estimate of drug-likeness (QED) is 0.464. The van der Waals surface area contributed by atoms with Crippen LogP contribution in [0.4, 0.5) is 0 Å². The van der Waals surface area contributed by atoms with Crippen LogP contribution in [0.5, 0.6) is 0 Å². The summed E-state index contributed by atoms with van der Waals surface area (Å²) < 4.78 is 0. The van der Waals surface area contributed by atoms with Crippen LogP contribution in [0.15, 0.2) is 60.7 Å². The summed E-state index contributed by atoms with van der Waals surface area (Å²) in [6, 6.07) is 16.3. The maximum Gasteiger partial charge on any atom is 0.193 e. The Morgan fingerprint density at radius 1 is 0.889 bits per heavy atom. The zero-order chi connectivity index (χ0) is 12.8. The molecular weight excluding hydrogens is 224 g/mol. The maximum atomic E-state index is 12.2. The van der Waals surface area contributed by atoms with Crippen molar-refractivity contribution in [3.63, 3.8) is 0 Å². The molecule has 2 rings (SSSR count). The molecule has 0 saturated heterocycles. The van der Waals surface area contributed by atoms with Crippen LogP contribution in [-0.4, -0.2) is 12.1 Å². The third-order valence-electron chi connectivity index (χ3n) is 2.55. The van der Waals surface area contributed by atoms with E-state index in [1.807, 2.05) is 24.3 Å². The number of hydrogen-bond acceptors (Lipinski definition) is 2. The Hall–Kier alpha value is -2.48. The molecule has 2 aromatic rings. The van der Waals surface area contributed by atoms with Crippen LogP contribution in [-0.2, 0) is 4.79 Å². The standard InChI is InChI=1S/C16H12O2/c17-11-5-7-13-6-4-10-15(12-13)16(18)14-8-2-1-3-9-14/h1-12H/b7-5+. The molecule has 0 unspecified atom stereocenters. The van der Waals surface area contributed by atoms with Gasteiger partial charge in [0.25, 0.3) is 0 Å². The van der Waals surface area contributed by atoms with Crippen LogP contribution in [0.25, 0.3) is 6.08 Å². The van der Waals surface area contributed by atoms with E-state index >= 15 is 0 Å². The van der Waals surface area contributed by atoms with Crippen LogP contribution < -0.4 is 0 Å². The fraction of sp³-hybridized carbons (Fsp3) is 0. The van der Waals surface area contributed by atoms with Crippen LogP contribution >= 0.6 is 0 Å². The minimum Gasteiger partial charge on any atom is -0.299 e. The van der Waals surface area contributed by atoms with Gasteiger partial charge in [-0.05, 0) is 17.7 Å². The molecule has 0 aliphatic rings. The molecule has 0 N–H and O–H groups in total. The fourth-order valence-corrected chi connectivity index (χ4v) is 1.69. The van der Waals surface area contributed by atoms with Gasteiger partial charge in [0.15, 0.2) is 5.78 Å². The molecule has 0 radical (unpaired) electrons. The first kappa shape index (κ1) is 12.0. The lowest BCUT2D eigenvalue weighted by molar-refractivity contribution is -0.104. The highest BCUT2D eigenvalue weighted by atomic mass is 16.1. The van der Waals surface area contributed by atoms with Gasteiger partial charge in [0.05, 0.1) is 0 Å². The minimum atomic E-state index is -0.0167. The van der Waals surface area contributed by atoms with Gasteiger partial charge in [0.2, 0.25) is 0 Å². The minimum absolute atomic E-state index is 0.0167. The number of aldehydes is 1. The van der Waals surface area contributed by atoms with E-state index in [-0.39, 0.29) is 5.78 Å². The van der Waals surface area contributed by atoms with Gasteiger partial charge >= 0.3 is 0 Å². The molecule has 18 heavy (non-hydrogen) atoms. The van der Waals surface area contributed by atoms with Gasteiger partial charge in [-0.1, -0.05) is 54.6 Å². The molecule has 0 aliphatic carbocycles. The smallest absolute Gasteiger partial charge is 0.193 e. The lowest BCUT2D eigenvalue weighted by Crippen LogP contribution is -2.00. The van der Waals surface area contributed by atoms with Gasteiger partial charge in [-0.2, -0.15) is 0 Å². The number of rotatable bonds is 4. The highest BCUT2D eigenvalue weighted by Crippen LogP contribution is 2.12. The van der Waals surface area contributed by atoms with E-state index in [4.69, 9.17) is 0 Å². The average Bonchev–Trinajstić information content (AvgIpc) is 2.45. The molecule has 0 fully saturated rings. The molecular formula is C16H12O2. The highest BCUT2D eigenvalue weighted by Gasteiger charge is 2.07. The number of allylic oxidation sites excluding steroid dienone is 1. The van der Waals surface area contributed by atoms with Crippen molar-refractivity contribution in [3.8, 4) is 0 Å². The van der Waals surface area contributed by atoms with Crippen molar-refractivity contribution in [1.82, 2.24) is 0 Å². The second-order valence-corrected chi connectivity index (χ2v) is 3.82. The summed E-state index contributed by atoms with van der Waals surface area (Å²) in [5.41, 5.74) is 2.12. The van der Waals surface area contributed by atoms with Crippen molar-refractivity contribution in [1.29, 1.82) is 0 Å². The van der Waals surface area contributed by atoms with Crippen molar-refractivity contribution in [2.24, 2.45) is 0 Å². The van der Waals surface area contributed by atoms with E-state index in [0.717, 1.165) is 5.56 Å². The Bertz CT molecular complexity index is 583. The molecule has 0 spiro atoms. The zero-order valence-corrected chi connectivity index (χ0v) is 9.74. The molecule has 0 saturated carbocycles. The number of carbonyl (C=O) groups excluding carboxylic acids is 2. The van der Waals surface area contributed by atoms with Gasteiger partial charge in [0.1, 0.15) is 6.29 Å². The monoisotopic (exact) mass is 236 g/mol. The highest BCUT2D eigenvalue weighted by molar-refractivity contribution is 6.09. The summed E-state index contributed by atoms with van der Waals surface area (Å²) in [7, 11) is 0. The van der Waals surface area contributed by atoms with E-state index < -0.39 is 0 Å². The Kier molecular flexibility index (Phi) is 3.82. The van der Waals surface area contributed by atoms with E-state index in [9.17, 15) is 9.59 Å². The predicted molar refractivity (Wildman–Crippen MR) is 71.4 cm³/mol. The third kappa shape index (κ3) is 2.80.